The number of benzene rings is 2. The van der Waals surface area contributed by atoms with Gasteiger partial charge in [-0.1, -0.05) is 86.7 Å². The molecule has 0 radical (unpaired) electrons. The molecule has 5 atom stereocenters. The molecule has 182 valence electrons. The van der Waals surface area contributed by atoms with Crippen molar-refractivity contribution in [2.45, 2.75) is 58.8 Å². The van der Waals surface area contributed by atoms with Gasteiger partial charge in [-0.2, -0.15) is 0 Å². The third kappa shape index (κ3) is 4.85. The van der Waals surface area contributed by atoms with Gasteiger partial charge in [0.1, 0.15) is 0 Å². The number of carbonyl (C=O) groups is 1. The lowest BCUT2D eigenvalue weighted by Gasteiger charge is -2.60. The van der Waals surface area contributed by atoms with Crippen molar-refractivity contribution >= 4 is 5.97 Å². The molecule has 4 nitrogen and oxygen atoms in total. The Morgan fingerprint density at radius 1 is 0.971 bits per heavy atom. The molecule has 0 aromatic heterocycles. The third-order valence-electron chi connectivity index (χ3n) is 8.35. The van der Waals surface area contributed by atoms with Gasteiger partial charge < -0.3 is 14.2 Å². The first-order valence-electron chi connectivity index (χ1n) is 12.4. The Hall–Kier alpha value is -2.43. The summed E-state index contributed by atoms with van der Waals surface area (Å²) in [6.45, 7) is 10.6. The van der Waals surface area contributed by atoms with Crippen LogP contribution in [0.1, 0.15) is 50.7 Å². The predicted octanol–water partition coefficient (Wildman–Crippen LogP) is 6.35. The first-order chi connectivity index (χ1) is 16.4. The summed E-state index contributed by atoms with van der Waals surface area (Å²) in [5, 5.41) is 0. The van der Waals surface area contributed by atoms with E-state index in [1.54, 1.807) is 0 Å². The summed E-state index contributed by atoms with van der Waals surface area (Å²) in [7, 11) is 1.49. The molecule has 2 saturated carbocycles. The van der Waals surface area contributed by atoms with Crippen molar-refractivity contribution in [1.29, 1.82) is 0 Å². The molecule has 34 heavy (non-hydrogen) atoms. The van der Waals surface area contributed by atoms with E-state index < -0.39 is 0 Å². The Morgan fingerprint density at radius 2 is 1.59 bits per heavy atom. The first-order valence-corrected chi connectivity index (χ1v) is 12.4. The van der Waals surface area contributed by atoms with Crippen molar-refractivity contribution < 1.29 is 19.0 Å². The van der Waals surface area contributed by atoms with E-state index in [0.717, 1.165) is 36.8 Å². The van der Waals surface area contributed by atoms with E-state index in [0.29, 0.717) is 19.8 Å². The van der Waals surface area contributed by atoms with Crippen LogP contribution in [0.3, 0.4) is 0 Å². The Balaban J connectivity index is 1.59. The van der Waals surface area contributed by atoms with Crippen LogP contribution in [0.4, 0.5) is 0 Å². The Bertz CT molecular complexity index is 964. The number of esters is 1. The van der Waals surface area contributed by atoms with Crippen molar-refractivity contribution in [2.75, 3.05) is 13.7 Å². The lowest BCUT2D eigenvalue weighted by Crippen LogP contribution is -2.59. The summed E-state index contributed by atoms with van der Waals surface area (Å²) in [6, 6.07) is 20.6. The fourth-order valence-electron chi connectivity index (χ4n) is 6.62. The molecule has 2 aliphatic carbocycles. The molecule has 4 rings (SSSR count). The van der Waals surface area contributed by atoms with Gasteiger partial charge in [-0.15, -0.1) is 0 Å². The maximum atomic E-state index is 12.9. The summed E-state index contributed by atoms with van der Waals surface area (Å²) in [6.07, 6.45) is 3.65. The summed E-state index contributed by atoms with van der Waals surface area (Å²) >= 11 is 0. The van der Waals surface area contributed by atoms with Crippen molar-refractivity contribution in [1.82, 2.24) is 0 Å². The number of ether oxygens (including phenoxy) is 3. The largest absolute Gasteiger partial charge is 0.469 e. The second-order valence-corrected chi connectivity index (χ2v) is 10.5. The number of hydrogen-bond donors (Lipinski definition) is 0. The molecular weight excluding hydrogens is 424 g/mol. The van der Waals surface area contributed by atoms with Gasteiger partial charge in [-0.3, -0.25) is 4.79 Å². The van der Waals surface area contributed by atoms with Gasteiger partial charge in [0.05, 0.1) is 39.0 Å². The highest BCUT2D eigenvalue weighted by atomic mass is 16.5. The van der Waals surface area contributed by atoms with E-state index in [-0.39, 0.29) is 34.7 Å². The molecule has 0 saturated heterocycles. The number of carbonyl (C=O) groups excluding carboxylic acids is 1. The second kappa shape index (κ2) is 10.5. The Kier molecular flexibility index (Phi) is 7.59. The molecule has 2 fully saturated rings. The molecule has 2 aromatic carbocycles. The molecule has 4 heteroatoms. The molecule has 0 heterocycles. The smallest absolute Gasteiger partial charge is 0.313 e. The average Bonchev–Trinajstić information content (AvgIpc) is 2.84. The highest BCUT2D eigenvalue weighted by molar-refractivity contribution is 5.77. The van der Waals surface area contributed by atoms with Crippen molar-refractivity contribution in [3.05, 3.63) is 83.9 Å². The SMILES string of the molecule is C=C1CC[C@H]2[C@](C)(COCc3ccccc3)[C@@H](OCc3ccccc3)CC[C@]2(C)C1C(=O)OC. The van der Waals surface area contributed by atoms with Crippen molar-refractivity contribution in [3.63, 3.8) is 0 Å². The van der Waals surface area contributed by atoms with Crippen molar-refractivity contribution in [2.24, 2.45) is 22.7 Å². The molecule has 0 N–H and O–H groups in total. The molecule has 2 aliphatic rings. The number of hydrogen-bond acceptors (Lipinski definition) is 4. The lowest BCUT2D eigenvalue weighted by molar-refractivity contribution is -0.192. The number of fused-ring (bicyclic) bond motifs is 1. The van der Waals surface area contributed by atoms with Crippen LogP contribution in [0, 0.1) is 22.7 Å². The normalized spacial score (nSPS) is 31.0. The van der Waals surface area contributed by atoms with Crippen LogP contribution in [0.15, 0.2) is 72.8 Å². The molecule has 0 spiro atoms. The zero-order valence-corrected chi connectivity index (χ0v) is 20.8. The molecule has 1 unspecified atom stereocenters. The van der Waals surface area contributed by atoms with Gasteiger partial charge in [0.15, 0.2) is 0 Å². The van der Waals surface area contributed by atoms with Gasteiger partial charge in [0.2, 0.25) is 0 Å². The number of rotatable bonds is 8. The maximum Gasteiger partial charge on any atom is 0.313 e. The number of methoxy groups -OCH3 is 1. The average molecular weight is 463 g/mol. The Morgan fingerprint density at radius 3 is 2.21 bits per heavy atom. The topological polar surface area (TPSA) is 44.8 Å². The van der Waals surface area contributed by atoms with Crippen LogP contribution >= 0.6 is 0 Å². The van der Waals surface area contributed by atoms with Gasteiger partial charge in [0.25, 0.3) is 0 Å². The summed E-state index contributed by atoms with van der Waals surface area (Å²) in [5.74, 6) is -0.173. The minimum Gasteiger partial charge on any atom is -0.469 e. The van der Waals surface area contributed by atoms with Crippen molar-refractivity contribution in [3.8, 4) is 0 Å². The summed E-state index contributed by atoms with van der Waals surface area (Å²) in [5.41, 5.74) is 2.88. The minimum absolute atomic E-state index is 0.0474. The second-order valence-electron chi connectivity index (χ2n) is 10.5. The van der Waals surface area contributed by atoms with E-state index in [1.165, 1.54) is 12.7 Å². The van der Waals surface area contributed by atoms with Gasteiger partial charge in [-0.25, -0.2) is 0 Å². The highest BCUT2D eigenvalue weighted by Gasteiger charge is 2.60. The minimum atomic E-state index is -0.278. The van der Waals surface area contributed by atoms with E-state index in [9.17, 15) is 4.79 Å². The van der Waals surface area contributed by atoms with Crippen LogP contribution < -0.4 is 0 Å². The predicted molar refractivity (Wildman–Crippen MR) is 134 cm³/mol. The van der Waals surface area contributed by atoms with E-state index in [2.05, 4.69) is 44.7 Å². The fourth-order valence-corrected chi connectivity index (χ4v) is 6.62. The lowest BCUT2D eigenvalue weighted by atomic mass is 9.46. The van der Waals surface area contributed by atoms with Gasteiger partial charge in [0, 0.05) is 5.41 Å². The van der Waals surface area contributed by atoms with E-state index >= 15 is 0 Å². The maximum absolute atomic E-state index is 12.9. The van der Waals surface area contributed by atoms with E-state index in [1.807, 2.05) is 36.4 Å². The monoisotopic (exact) mass is 462 g/mol. The highest BCUT2D eigenvalue weighted by Crippen LogP contribution is 2.62. The third-order valence-corrected chi connectivity index (χ3v) is 8.35. The standard InChI is InChI=1S/C30H38O4/c1-22-15-16-25-29(2,27(22)28(31)32-4)18-17-26(34-20-24-13-9-6-10-14-24)30(25,3)21-33-19-23-11-7-5-8-12-23/h5-14,25-27H,1,15-21H2,2-4H3/t25-,26+,27?,29+,30+/m1/s1. The summed E-state index contributed by atoms with van der Waals surface area (Å²) < 4.78 is 18.2. The van der Waals surface area contributed by atoms with Gasteiger partial charge >= 0.3 is 5.97 Å². The van der Waals surface area contributed by atoms with E-state index in [4.69, 9.17) is 14.2 Å². The van der Waals surface area contributed by atoms with Gasteiger partial charge in [-0.05, 0) is 48.1 Å². The molecule has 0 aliphatic heterocycles. The van der Waals surface area contributed by atoms with Crippen LogP contribution in [-0.4, -0.2) is 25.8 Å². The summed E-state index contributed by atoms with van der Waals surface area (Å²) in [4.78, 5) is 12.9. The molecular formula is C30H38O4. The molecule has 0 amide bonds. The zero-order chi connectivity index (χ0) is 24.2. The van der Waals surface area contributed by atoms with Crippen LogP contribution in [0.25, 0.3) is 0 Å². The first kappa shape index (κ1) is 24.7. The van der Waals surface area contributed by atoms with Crippen LogP contribution in [0.5, 0.6) is 0 Å². The quantitative estimate of drug-likeness (QED) is 0.339. The van der Waals surface area contributed by atoms with Crippen LogP contribution in [-0.2, 0) is 32.2 Å². The zero-order valence-electron chi connectivity index (χ0n) is 20.8. The molecule has 0 bridgehead atoms. The fraction of sp³-hybridized carbons (Fsp3) is 0.500. The Labute approximate surface area is 204 Å². The molecule has 2 aromatic rings. The van der Waals surface area contributed by atoms with Crippen LogP contribution in [0.2, 0.25) is 0 Å².